The van der Waals surface area contributed by atoms with Crippen molar-refractivity contribution in [1.29, 1.82) is 0 Å². The Morgan fingerprint density at radius 1 is 1.15 bits per heavy atom. The highest BCUT2D eigenvalue weighted by molar-refractivity contribution is 4.93. The second-order valence-corrected chi connectivity index (χ2v) is 4.44. The Morgan fingerprint density at radius 2 is 1.85 bits per heavy atom. The molecule has 2 unspecified atom stereocenters. The average Bonchev–Trinajstić information content (AvgIpc) is 2.53. The van der Waals surface area contributed by atoms with Crippen LogP contribution in [0.3, 0.4) is 0 Å². The third kappa shape index (κ3) is 2.25. The molecular formula is C12H25N. The molecule has 0 amide bonds. The first-order chi connectivity index (χ1) is 6.33. The Hall–Kier alpha value is -0.0400. The fourth-order valence-electron chi connectivity index (χ4n) is 2.94. The molecule has 2 fully saturated rings. The van der Waals surface area contributed by atoms with Gasteiger partial charge in [-0.25, -0.2) is 0 Å². The van der Waals surface area contributed by atoms with Crippen LogP contribution in [0.25, 0.3) is 0 Å². The predicted molar refractivity (Wildman–Crippen MR) is 58.9 cm³/mol. The molecule has 78 valence electrons. The van der Waals surface area contributed by atoms with Gasteiger partial charge in [0.25, 0.3) is 0 Å². The summed E-state index contributed by atoms with van der Waals surface area (Å²) >= 11 is 0. The molecule has 0 aromatic heterocycles. The van der Waals surface area contributed by atoms with Crippen molar-refractivity contribution in [2.45, 2.75) is 52.9 Å². The van der Waals surface area contributed by atoms with Gasteiger partial charge in [-0.1, -0.05) is 33.6 Å². The van der Waals surface area contributed by atoms with Gasteiger partial charge in [0.2, 0.25) is 0 Å². The Balaban J connectivity index is 0.000000396. The largest absolute Gasteiger partial charge is 0.316 e. The van der Waals surface area contributed by atoms with Crippen molar-refractivity contribution in [1.82, 2.24) is 5.32 Å². The highest BCUT2D eigenvalue weighted by atomic mass is 14.9. The van der Waals surface area contributed by atoms with E-state index in [9.17, 15) is 0 Å². The molecular weight excluding hydrogens is 158 g/mol. The molecule has 2 atom stereocenters. The molecule has 2 aliphatic rings. The first-order valence-electron chi connectivity index (χ1n) is 6.04. The fourth-order valence-corrected chi connectivity index (χ4v) is 2.94. The normalized spacial score (nSPS) is 38.5. The summed E-state index contributed by atoms with van der Waals surface area (Å²) in [5.74, 6) is 0.982. The maximum Gasteiger partial charge on any atom is 0.00104 e. The van der Waals surface area contributed by atoms with Gasteiger partial charge in [-0.05, 0) is 37.1 Å². The zero-order chi connectivity index (χ0) is 9.73. The zero-order valence-corrected chi connectivity index (χ0v) is 9.53. The highest BCUT2D eigenvalue weighted by Crippen LogP contribution is 2.47. The SMILES string of the molecule is CC.CC1CCCC12CCCNC2. The summed E-state index contributed by atoms with van der Waals surface area (Å²) < 4.78 is 0. The molecule has 1 heterocycles. The van der Waals surface area contributed by atoms with Gasteiger partial charge in [-0.3, -0.25) is 0 Å². The number of hydrogen-bond donors (Lipinski definition) is 1. The lowest BCUT2D eigenvalue weighted by Crippen LogP contribution is -2.41. The Morgan fingerprint density at radius 3 is 2.31 bits per heavy atom. The molecule has 13 heavy (non-hydrogen) atoms. The molecule has 1 saturated carbocycles. The summed E-state index contributed by atoms with van der Waals surface area (Å²) in [5, 5.41) is 3.55. The van der Waals surface area contributed by atoms with E-state index in [1.807, 2.05) is 13.8 Å². The van der Waals surface area contributed by atoms with Crippen LogP contribution in [0.1, 0.15) is 52.9 Å². The van der Waals surface area contributed by atoms with Gasteiger partial charge >= 0.3 is 0 Å². The minimum atomic E-state index is 0.720. The highest BCUT2D eigenvalue weighted by Gasteiger charge is 2.40. The van der Waals surface area contributed by atoms with Crippen LogP contribution in [0.5, 0.6) is 0 Å². The second kappa shape index (κ2) is 4.99. The van der Waals surface area contributed by atoms with E-state index in [4.69, 9.17) is 0 Å². The topological polar surface area (TPSA) is 12.0 Å². The quantitative estimate of drug-likeness (QED) is 0.608. The van der Waals surface area contributed by atoms with E-state index < -0.39 is 0 Å². The molecule has 1 nitrogen and oxygen atoms in total. The summed E-state index contributed by atoms with van der Waals surface area (Å²) in [6.45, 7) is 9.00. The molecule has 1 saturated heterocycles. The number of piperidine rings is 1. The predicted octanol–water partition coefficient (Wildman–Crippen LogP) is 3.20. The lowest BCUT2D eigenvalue weighted by atomic mass is 9.73. The molecule has 1 N–H and O–H groups in total. The molecule has 0 aromatic rings. The first kappa shape index (κ1) is 11.0. The summed E-state index contributed by atoms with van der Waals surface area (Å²) in [4.78, 5) is 0. The van der Waals surface area contributed by atoms with E-state index >= 15 is 0 Å². The van der Waals surface area contributed by atoms with E-state index in [0.717, 1.165) is 11.3 Å². The van der Waals surface area contributed by atoms with E-state index in [1.54, 1.807) is 0 Å². The minimum Gasteiger partial charge on any atom is -0.316 e. The van der Waals surface area contributed by atoms with Crippen molar-refractivity contribution in [3.05, 3.63) is 0 Å². The van der Waals surface area contributed by atoms with Crippen LogP contribution in [0.2, 0.25) is 0 Å². The maximum absolute atomic E-state index is 3.55. The van der Waals surface area contributed by atoms with Crippen molar-refractivity contribution < 1.29 is 0 Å². The van der Waals surface area contributed by atoms with Crippen LogP contribution >= 0.6 is 0 Å². The van der Waals surface area contributed by atoms with Gasteiger partial charge in [-0.2, -0.15) is 0 Å². The second-order valence-electron chi connectivity index (χ2n) is 4.44. The van der Waals surface area contributed by atoms with E-state index in [2.05, 4.69) is 12.2 Å². The standard InChI is InChI=1S/C10H19N.C2H6/c1-9-4-2-5-10(9)6-3-7-11-8-10;1-2/h9,11H,2-8H2,1H3;1-2H3. The maximum atomic E-state index is 3.55. The van der Waals surface area contributed by atoms with Crippen LogP contribution < -0.4 is 5.32 Å². The molecule has 0 radical (unpaired) electrons. The van der Waals surface area contributed by atoms with Crippen LogP contribution in [0, 0.1) is 11.3 Å². The van der Waals surface area contributed by atoms with Gasteiger partial charge in [0.1, 0.15) is 0 Å². The summed E-state index contributed by atoms with van der Waals surface area (Å²) in [6.07, 6.45) is 7.33. The Bertz CT molecular complexity index is 136. The summed E-state index contributed by atoms with van der Waals surface area (Å²) in [6, 6.07) is 0. The molecule has 1 aliphatic heterocycles. The van der Waals surface area contributed by atoms with Gasteiger partial charge in [0.05, 0.1) is 0 Å². The van der Waals surface area contributed by atoms with E-state index in [1.165, 1.54) is 45.2 Å². The average molecular weight is 183 g/mol. The molecule has 2 rings (SSSR count). The van der Waals surface area contributed by atoms with Gasteiger partial charge in [0, 0.05) is 6.54 Å². The minimum absolute atomic E-state index is 0.720. The Kier molecular flexibility index (Phi) is 4.24. The lowest BCUT2D eigenvalue weighted by molar-refractivity contribution is 0.157. The monoisotopic (exact) mass is 183 g/mol. The summed E-state index contributed by atoms with van der Waals surface area (Å²) in [7, 11) is 0. The Labute approximate surface area is 83.3 Å². The molecule has 0 bridgehead atoms. The third-order valence-electron chi connectivity index (χ3n) is 3.86. The van der Waals surface area contributed by atoms with Crippen molar-refractivity contribution in [3.63, 3.8) is 0 Å². The van der Waals surface area contributed by atoms with Crippen molar-refractivity contribution >= 4 is 0 Å². The molecule has 1 spiro atoms. The fraction of sp³-hybridized carbons (Fsp3) is 1.00. The van der Waals surface area contributed by atoms with Gasteiger partial charge in [-0.15, -0.1) is 0 Å². The van der Waals surface area contributed by atoms with Crippen LogP contribution in [0.15, 0.2) is 0 Å². The smallest absolute Gasteiger partial charge is 0.00104 e. The zero-order valence-electron chi connectivity index (χ0n) is 9.53. The molecule has 1 heteroatoms. The van der Waals surface area contributed by atoms with Gasteiger partial charge in [0.15, 0.2) is 0 Å². The van der Waals surface area contributed by atoms with Crippen LogP contribution in [0.4, 0.5) is 0 Å². The van der Waals surface area contributed by atoms with Crippen molar-refractivity contribution in [2.75, 3.05) is 13.1 Å². The van der Waals surface area contributed by atoms with Crippen LogP contribution in [-0.2, 0) is 0 Å². The number of rotatable bonds is 0. The number of hydrogen-bond acceptors (Lipinski definition) is 1. The van der Waals surface area contributed by atoms with E-state index in [0.29, 0.717) is 0 Å². The van der Waals surface area contributed by atoms with Gasteiger partial charge < -0.3 is 5.32 Å². The molecule has 0 aromatic carbocycles. The summed E-state index contributed by atoms with van der Waals surface area (Å²) in [5.41, 5.74) is 0.720. The van der Waals surface area contributed by atoms with Crippen molar-refractivity contribution in [2.24, 2.45) is 11.3 Å². The first-order valence-corrected chi connectivity index (χ1v) is 6.04. The number of nitrogens with one attached hydrogen (secondary N) is 1. The third-order valence-corrected chi connectivity index (χ3v) is 3.86. The van der Waals surface area contributed by atoms with E-state index in [-0.39, 0.29) is 0 Å². The van der Waals surface area contributed by atoms with Crippen molar-refractivity contribution in [3.8, 4) is 0 Å². The lowest BCUT2D eigenvalue weighted by Gasteiger charge is -2.37. The molecule has 1 aliphatic carbocycles. The van der Waals surface area contributed by atoms with Crippen LogP contribution in [-0.4, -0.2) is 13.1 Å².